The van der Waals surface area contributed by atoms with E-state index in [1.165, 1.54) is 0 Å². The molecule has 1 aliphatic heterocycles. The van der Waals surface area contributed by atoms with E-state index in [1.807, 2.05) is 51.2 Å². The van der Waals surface area contributed by atoms with Gasteiger partial charge in [0.2, 0.25) is 0 Å². The smallest absolute Gasteiger partial charge is 0.410 e. The molecule has 3 aromatic heterocycles. The first-order valence-corrected chi connectivity index (χ1v) is 18.2. The summed E-state index contributed by atoms with van der Waals surface area (Å²) in [5, 5.41) is 16.7. The van der Waals surface area contributed by atoms with Crippen LogP contribution in [0.4, 0.5) is 10.6 Å². The summed E-state index contributed by atoms with van der Waals surface area (Å²) in [4.78, 5) is 31.2. The quantitative estimate of drug-likeness (QED) is 0.155. The summed E-state index contributed by atoms with van der Waals surface area (Å²) in [5.74, 6) is 0.753. The van der Waals surface area contributed by atoms with Gasteiger partial charge >= 0.3 is 6.09 Å². The molecule has 0 bridgehead atoms. The van der Waals surface area contributed by atoms with E-state index in [0.29, 0.717) is 37.6 Å². The molecule has 2 fully saturated rings. The van der Waals surface area contributed by atoms with Crippen molar-refractivity contribution in [1.29, 1.82) is 5.26 Å². The minimum absolute atomic E-state index is 0.303. The molecule has 3 aromatic carbocycles. The Hall–Kier alpha value is -6.08. The molecule has 266 valence electrons. The summed E-state index contributed by atoms with van der Waals surface area (Å²) in [6, 6.07) is 38.0. The molecule has 0 unspecified atom stereocenters. The van der Waals surface area contributed by atoms with Crippen molar-refractivity contribution in [3.05, 3.63) is 138 Å². The number of nitriles is 1. The summed E-state index contributed by atoms with van der Waals surface area (Å²) < 4.78 is 7.72. The van der Waals surface area contributed by atoms with Gasteiger partial charge in [0.05, 0.1) is 34.6 Å². The average molecular weight is 703 g/mol. The standard InChI is InChI=1S/C43H42N8O2/c1-41(2,3)53-40(52)50-24-22-49(23-25-50)38-27-35(46-30-47-38)39-34-26-37(42(29-44)20-13-21-42)45-28-36(34)51(48-39)43(31-14-7-4-8-15-31,32-16-9-5-10-17-32)33-18-11-6-12-19-33/h4-12,14-19,26-28,30H,13,20-25H2,1-3H3. The Labute approximate surface area is 309 Å². The molecule has 10 nitrogen and oxygen atoms in total. The lowest BCUT2D eigenvalue weighted by atomic mass is 9.67. The van der Waals surface area contributed by atoms with E-state index in [2.05, 4.69) is 99.5 Å². The van der Waals surface area contributed by atoms with Crippen LogP contribution >= 0.6 is 0 Å². The maximum atomic E-state index is 12.8. The van der Waals surface area contributed by atoms with Crippen LogP contribution in [-0.4, -0.2) is 67.5 Å². The van der Waals surface area contributed by atoms with Crippen LogP contribution < -0.4 is 4.90 Å². The number of benzene rings is 3. The predicted molar refractivity (Wildman–Crippen MR) is 204 cm³/mol. The maximum Gasteiger partial charge on any atom is 0.410 e. The molecule has 1 aliphatic carbocycles. The third-order valence-corrected chi connectivity index (χ3v) is 10.5. The fraction of sp³-hybridized carbons (Fsp3) is 0.302. The number of aromatic nitrogens is 5. The van der Waals surface area contributed by atoms with Gasteiger partial charge in [-0.05, 0) is 62.8 Å². The van der Waals surface area contributed by atoms with E-state index in [4.69, 9.17) is 19.8 Å². The number of fused-ring (bicyclic) bond motifs is 1. The number of piperazine rings is 1. The summed E-state index contributed by atoms with van der Waals surface area (Å²) in [6.07, 6.45) is 5.72. The fourth-order valence-electron chi connectivity index (χ4n) is 7.68. The highest BCUT2D eigenvalue weighted by Crippen LogP contribution is 2.46. The van der Waals surface area contributed by atoms with Crippen LogP contribution in [0.5, 0.6) is 0 Å². The van der Waals surface area contributed by atoms with Crippen LogP contribution in [0.1, 0.15) is 62.4 Å². The van der Waals surface area contributed by atoms with Crippen molar-refractivity contribution in [3.8, 4) is 17.5 Å². The number of carbonyl (C=O) groups is 1. The molecule has 1 amide bonds. The fourth-order valence-corrected chi connectivity index (χ4v) is 7.68. The van der Waals surface area contributed by atoms with Crippen molar-refractivity contribution in [1.82, 2.24) is 29.6 Å². The van der Waals surface area contributed by atoms with Crippen molar-refractivity contribution < 1.29 is 9.53 Å². The minimum atomic E-state index is -0.888. The van der Waals surface area contributed by atoms with Gasteiger partial charge in [-0.15, -0.1) is 0 Å². The van der Waals surface area contributed by atoms with Crippen LogP contribution in [0.25, 0.3) is 22.3 Å². The predicted octanol–water partition coefficient (Wildman–Crippen LogP) is 7.73. The Morgan fingerprint density at radius 1 is 0.792 bits per heavy atom. The molecule has 10 heteroatoms. The van der Waals surface area contributed by atoms with E-state index in [9.17, 15) is 10.1 Å². The van der Waals surface area contributed by atoms with Crippen LogP contribution in [0.15, 0.2) is 116 Å². The van der Waals surface area contributed by atoms with E-state index >= 15 is 0 Å². The number of carbonyl (C=O) groups excluding carboxylic acids is 1. The van der Waals surface area contributed by atoms with Crippen molar-refractivity contribution >= 4 is 22.8 Å². The molecule has 6 aromatic rings. The Bertz CT molecular complexity index is 2190. The molecule has 1 saturated carbocycles. The van der Waals surface area contributed by atoms with Crippen molar-refractivity contribution in [2.45, 2.75) is 56.6 Å². The summed E-state index contributed by atoms with van der Waals surface area (Å²) in [5.41, 5.74) is 3.97. The molecule has 0 atom stereocenters. The highest BCUT2D eigenvalue weighted by atomic mass is 16.6. The first-order valence-electron chi connectivity index (χ1n) is 18.2. The Morgan fingerprint density at radius 3 is 1.89 bits per heavy atom. The summed E-state index contributed by atoms with van der Waals surface area (Å²) >= 11 is 0. The molecule has 0 N–H and O–H groups in total. The lowest BCUT2D eigenvalue weighted by molar-refractivity contribution is 0.0240. The number of ether oxygens (including phenoxy) is 1. The van der Waals surface area contributed by atoms with Gasteiger partial charge in [0.1, 0.15) is 29.0 Å². The summed E-state index contributed by atoms with van der Waals surface area (Å²) in [7, 11) is 0. The van der Waals surface area contributed by atoms with Crippen molar-refractivity contribution in [2.24, 2.45) is 0 Å². The number of anilines is 1. The van der Waals surface area contributed by atoms with E-state index < -0.39 is 16.6 Å². The van der Waals surface area contributed by atoms with E-state index in [-0.39, 0.29) is 6.09 Å². The average Bonchev–Trinajstić information content (AvgIpc) is 3.55. The normalized spacial score (nSPS) is 15.8. The molecular formula is C43H42N8O2. The number of amides is 1. The lowest BCUT2D eigenvalue weighted by Gasteiger charge is -2.37. The second-order valence-electron chi connectivity index (χ2n) is 14.9. The van der Waals surface area contributed by atoms with Gasteiger partial charge in [0.15, 0.2) is 0 Å². The van der Waals surface area contributed by atoms with Crippen LogP contribution in [-0.2, 0) is 15.7 Å². The topological polar surface area (TPSA) is 113 Å². The second-order valence-corrected chi connectivity index (χ2v) is 14.9. The van der Waals surface area contributed by atoms with E-state index in [1.54, 1.807) is 11.2 Å². The molecule has 1 saturated heterocycles. The zero-order chi connectivity index (χ0) is 36.6. The van der Waals surface area contributed by atoms with Gasteiger partial charge < -0.3 is 14.5 Å². The number of pyridine rings is 1. The Kier molecular flexibility index (Phi) is 8.65. The van der Waals surface area contributed by atoms with Gasteiger partial charge in [-0.25, -0.2) is 19.4 Å². The summed E-state index contributed by atoms with van der Waals surface area (Å²) in [6.45, 7) is 7.87. The monoisotopic (exact) mass is 702 g/mol. The van der Waals surface area contributed by atoms with Gasteiger partial charge in [-0.1, -0.05) is 91.0 Å². The third kappa shape index (κ3) is 6.06. The zero-order valence-corrected chi connectivity index (χ0v) is 30.3. The van der Waals surface area contributed by atoms with Gasteiger partial charge in [-0.2, -0.15) is 10.4 Å². The number of hydrogen-bond donors (Lipinski definition) is 0. The van der Waals surface area contributed by atoms with Crippen LogP contribution in [0.2, 0.25) is 0 Å². The lowest BCUT2D eigenvalue weighted by Crippen LogP contribution is -2.50. The Morgan fingerprint density at radius 2 is 1.38 bits per heavy atom. The molecule has 8 rings (SSSR count). The van der Waals surface area contributed by atoms with Crippen molar-refractivity contribution in [3.63, 3.8) is 0 Å². The zero-order valence-electron chi connectivity index (χ0n) is 30.3. The van der Waals surface area contributed by atoms with Crippen LogP contribution in [0.3, 0.4) is 0 Å². The first kappa shape index (κ1) is 34.0. The molecule has 0 spiro atoms. The van der Waals surface area contributed by atoms with Crippen molar-refractivity contribution in [2.75, 3.05) is 31.1 Å². The number of nitrogens with zero attached hydrogens (tertiary/aromatic N) is 8. The molecule has 2 aliphatic rings. The largest absolute Gasteiger partial charge is 0.444 e. The van der Waals surface area contributed by atoms with Gasteiger partial charge in [0.25, 0.3) is 0 Å². The molecular weight excluding hydrogens is 661 g/mol. The number of hydrogen-bond acceptors (Lipinski definition) is 8. The van der Waals surface area contributed by atoms with E-state index in [0.717, 1.165) is 58.4 Å². The van der Waals surface area contributed by atoms with Gasteiger partial charge in [-0.3, -0.25) is 4.98 Å². The Balaban J connectivity index is 1.30. The van der Waals surface area contributed by atoms with Gasteiger partial charge in [0, 0.05) is 37.6 Å². The molecule has 0 radical (unpaired) electrons. The SMILES string of the molecule is CC(C)(C)OC(=O)N1CCN(c2cc(-c3nn(C(c4ccccc4)(c4ccccc4)c4ccccc4)c4cnc(C5(C#N)CCC5)cc34)ncn2)CC1. The first-order chi connectivity index (χ1) is 25.7. The molecule has 4 heterocycles. The molecule has 53 heavy (non-hydrogen) atoms. The highest BCUT2D eigenvalue weighted by Gasteiger charge is 2.43. The second kappa shape index (κ2) is 13.5. The van der Waals surface area contributed by atoms with Crippen LogP contribution in [0, 0.1) is 11.3 Å². The number of rotatable bonds is 7. The maximum absolute atomic E-state index is 12.8. The third-order valence-electron chi connectivity index (χ3n) is 10.5. The highest BCUT2D eigenvalue weighted by molar-refractivity contribution is 5.93. The minimum Gasteiger partial charge on any atom is -0.444 e.